The molecule has 0 unspecified atom stereocenters. The van der Waals surface area contributed by atoms with Gasteiger partial charge < -0.3 is 26.1 Å². The van der Waals surface area contributed by atoms with Crippen LogP contribution in [0.4, 0.5) is 0 Å². The van der Waals surface area contributed by atoms with Crippen LogP contribution in [0.2, 0.25) is 0 Å². The summed E-state index contributed by atoms with van der Waals surface area (Å²) in [4.78, 5) is 29.2. The highest BCUT2D eigenvalue weighted by Crippen LogP contribution is 1.90. The third-order valence-corrected chi connectivity index (χ3v) is 2.09. The maximum atomic E-state index is 10.2. The van der Waals surface area contributed by atoms with Crippen LogP contribution in [0.3, 0.4) is 0 Å². The van der Waals surface area contributed by atoms with Gasteiger partial charge in [-0.1, -0.05) is 25.7 Å². The summed E-state index contributed by atoms with van der Waals surface area (Å²) in [5, 5.41) is 5.59. The Morgan fingerprint density at radius 3 is 1.45 bits per heavy atom. The van der Waals surface area contributed by atoms with Gasteiger partial charge >= 0.3 is 0 Å². The van der Waals surface area contributed by atoms with E-state index in [1.165, 1.54) is 0 Å². The third-order valence-electron chi connectivity index (χ3n) is 2.09. The van der Waals surface area contributed by atoms with Crippen LogP contribution in [-0.4, -0.2) is 61.8 Å². The first kappa shape index (κ1) is 41.3. The average molecular weight is 435 g/mol. The lowest BCUT2D eigenvalue weighted by atomic mass is 10.3. The molecule has 0 aliphatic heterocycles. The van der Waals surface area contributed by atoms with Gasteiger partial charge in [0.15, 0.2) is 0 Å². The van der Waals surface area contributed by atoms with Crippen molar-refractivity contribution in [2.24, 2.45) is 5.73 Å². The minimum Gasteiger partial charge on any atom is -0.357 e. The van der Waals surface area contributed by atoms with Gasteiger partial charge in [0.05, 0.1) is 13.1 Å². The largest absolute Gasteiger partial charge is 0.357 e. The van der Waals surface area contributed by atoms with E-state index in [1.807, 2.05) is 48.3 Å². The van der Waals surface area contributed by atoms with Gasteiger partial charge in [-0.2, -0.15) is 0 Å². The number of rotatable bonds is 7. The van der Waals surface area contributed by atoms with E-state index < -0.39 is 0 Å². The van der Waals surface area contributed by atoms with Crippen LogP contribution in [0.1, 0.15) is 55.4 Å². The van der Waals surface area contributed by atoms with E-state index in [9.17, 15) is 9.59 Å². The fraction of sp³-hybridized carbons (Fsp3) is 0.667. The second-order valence-corrected chi connectivity index (χ2v) is 6.50. The van der Waals surface area contributed by atoms with Crippen LogP contribution in [0.25, 0.3) is 0 Å². The molecule has 0 aliphatic carbocycles. The summed E-state index contributed by atoms with van der Waals surface area (Å²) in [6.45, 7) is 18.8. The summed E-state index contributed by atoms with van der Waals surface area (Å²) < 4.78 is 0. The highest BCUT2D eigenvalue weighted by molar-refractivity contribution is 5.85. The molecule has 8 heteroatoms. The molecular formula is C21H43ClN4O3. The van der Waals surface area contributed by atoms with E-state index >= 15 is 0 Å². The van der Waals surface area contributed by atoms with E-state index in [2.05, 4.69) is 36.3 Å². The summed E-state index contributed by atoms with van der Waals surface area (Å²) in [6, 6.07) is 1.33. The van der Waals surface area contributed by atoms with Gasteiger partial charge in [-0.3, -0.25) is 9.59 Å². The maximum Gasteiger partial charge on any atom is 0.210 e. The van der Waals surface area contributed by atoms with Crippen molar-refractivity contribution in [2.75, 3.05) is 13.1 Å². The van der Waals surface area contributed by atoms with E-state index in [0.717, 1.165) is 6.41 Å². The Hall–Kier alpha value is -2.06. The van der Waals surface area contributed by atoms with Crippen LogP contribution in [0, 0.1) is 24.7 Å². The first-order valence-electron chi connectivity index (χ1n) is 9.05. The number of halogens is 1. The fourth-order valence-corrected chi connectivity index (χ4v) is 0.846. The zero-order valence-corrected chi connectivity index (χ0v) is 20.2. The van der Waals surface area contributed by atoms with E-state index in [-0.39, 0.29) is 24.5 Å². The van der Waals surface area contributed by atoms with Crippen LogP contribution >= 0.6 is 12.4 Å². The van der Waals surface area contributed by atoms with Crippen molar-refractivity contribution in [3.05, 3.63) is 0 Å². The van der Waals surface area contributed by atoms with Gasteiger partial charge in [-0.15, -0.1) is 25.3 Å². The Kier molecular flexibility index (Phi) is 52.5. The maximum absolute atomic E-state index is 10.2. The lowest BCUT2D eigenvalue weighted by Gasteiger charge is -2.17. The number of nitrogens with one attached hydrogen (secondary N) is 2. The van der Waals surface area contributed by atoms with Crippen LogP contribution in [-0.2, 0) is 14.4 Å². The van der Waals surface area contributed by atoms with Gasteiger partial charge in [0.1, 0.15) is 6.79 Å². The number of carbonyl (C=O) groups excluding carboxylic acids is 3. The molecule has 0 aromatic carbocycles. The number of amides is 2. The van der Waals surface area contributed by atoms with Crippen molar-refractivity contribution in [1.29, 1.82) is 0 Å². The standard InChI is InChI=1S/C7H11NO.C6H11N.C4H9NO.C3H9N.CH2O.ClH/c1-4-5-8(6-9)7(2)3;1-4-5-7-6(2)3;1-4(2)5-3-6;1-3(2)4;1-2;/h1,6-7H,5H2,2-3H3;1,6-7H,5H2,2-3H3;3-4H,1-2H3,(H,5,6);3H,4H2,1-2H3;1H2;1H. The number of hydrogen-bond acceptors (Lipinski definition) is 5. The lowest BCUT2D eigenvalue weighted by Crippen LogP contribution is -2.29. The van der Waals surface area contributed by atoms with Gasteiger partial charge in [0, 0.05) is 18.1 Å². The van der Waals surface area contributed by atoms with Crippen molar-refractivity contribution in [3.63, 3.8) is 0 Å². The van der Waals surface area contributed by atoms with Crippen molar-refractivity contribution in [1.82, 2.24) is 15.5 Å². The van der Waals surface area contributed by atoms with E-state index in [4.69, 9.17) is 23.4 Å². The Labute approximate surface area is 185 Å². The first-order valence-corrected chi connectivity index (χ1v) is 9.05. The molecule has 0 fully saturated rings. The fourth-order valence-electron chi connectivity index (χ4n) is 0.846. The highest BCUT2D eigenvalue weighted by Gasteiger charge is 2.01. The number of terminal acetylenes is 2. The predicted molar refractivity (Wildman–Crippen MR) is 127 cm³/mol. The minimum atomic E-state index is 0. The SMILES string of the molecule is C#CCN(C=O)C(C)C.C#CCNC(C)C.C=O.CC(C)N.CC(C)NC=O.Cl. The van der Waals surface area contributed by atoms with Crippen molar-refractivity contribution < 1.29 is 14.4 Å². The third kappa shape index (κ3) is 76.5. The Bertz CT molecular complexity index is 401. The monoisotopic (exact) mass is 434 g/mol. The molecule has 0 aliphatic rings. The molecule has 4 N–H and O–H groups in total. The normalized spacial score (nSPS) is 7.97. The predicted octanol–water partition coefficient (Wildman–Crippen LogP) is 1.84. The van der Waals surface area contributed by atoms with Crippen molar-refractivity contribution in [2.45, 2.75) is 79.6 Å². The number of hydrogen-bond donors (Lipinski definition) is 3. The Balaban J connectivity index is -0.0000000602. The van der Waals surface area contributed by atoms with Gasteiger partial charge in [-0.05, 0) is 47.6 Å². The molecule has 0 aromatic heterocycles. The topological polar surface area (TPSA) is 105 Å². The molecule has 0 atom stereocenters. The van der Waals surface area contributed by atoms with Gasteiger partial charge in [-0.25, -0.2) is 0 Å². The molecule has 29 heavy (non-hydrogen) atoms. The van der Waals surface area contributed by atoms with E-state index in [0.29, 0.717) is 31.6 Å². The molecule has 0 aromatic rings. The molecule has 7 nitrogen and oxygen atoms in total. The number of nitrogens with zero attached hydrogens (tertiary/aromatic N) is 1. The first-order chi connectivity index (χ1) is 13.0. The molecular weight excluding hydrogens is 392 g/mol. The smallest absolute Gasteiger partial charge is 0.210 e. The number of nitrogens with two attached hydrogens (primary N) is 1. The Morgan fingerprint density at radius 2 is 1.38 bits per heavy atom. The lowest BCUT2D eigenvalue weighted by molar-refractivity contribution is -0.119. The van der Waals surface area contributed by atoms with Crippen LogP contribution in [0.15, 0.2) is 0 Å². The minimum absolute atomic E-state index is 0. The molecule has 0 bridgehead atoms. The second kappa shape index (κ2) is 36.8. The van der Waals surface area contributed by atoms with Crippen LogP contribution < -0.4 is 16.4 Å². The second-order valence-electron chi connectivity index (χ2n) is 6.50. The molecule has 2 amide bonds. The van der Waals surface area contributed by atoms with Gasteiger partial charge in [0.2, 0.25) is 12.8 Å². The summed E-state index contributed by atoms with van der Waals surface area (Å²) in [5.41, 5.74) is 5.11. The van der Waals surface area contributed by atoms with Gasteiger partial charge in [0.25, 0.3) is 0 Å². The summed E-state index contributed by atoms with van der Waals surface area (Å²) >= 11 is 0. The zero-order chi connectivity index (χ0) is 23.5. The summed E-state index contributed by atoms with van der Waals surface area (Å²) in [5.74, 6) is 4.88. The molecule has 0 radical (unpaired) electrons. The van der Waals surface area contributed by atoms with Crippen LogP contribution in [0.5, 0.6) is 0 Å². The number of carbonyl (C=O) groups is 3. The quantitative estimate of drug-likeness (QED) is 0.419. The molecule has 0 saturated carbocycles. The average Bonchev–Trinajstić information content (AvgIpc) is 2.59. The highest BCUT2D eigenvalue weighted by atomic mass is 35.5. The molecule has 0 rings (SSSR count). The Morgan fingerprint density at radius 1 is 0.966 bits per heavy atom. The molecule has 0 saturated heterocycles. The van der Waals surface area contributed by atoms with E-state index in [1.54, 1.807) is 4.90 Å². The zero-order valence-electron chi connectivity index (χ0n) is 19.4. The molecule has 0 spiro atoms. The molecule has 172 valence electrons. The summed E-state index contributed by atoms with van der Waals surface area (Å²) in [6.07, 6.45) is 11.4. The molecule has 0 heterocycles. The van der Waals surface area contributed by atoms with Crippen molar-refractivity contribution >= 4 is 32.0 Å². The summed E-state index contributed by atoms with van der Waals surface area (Å²) in [7, 11) is 0. The van der Waals surface area contributed by atoms with Crippen molar-refractivity contribution in [3.8, 4) is 24.7 Å².